The van der Waals surface area contributed by atoms with Gasteiger partial charge in [0.05, 0.1) is 11.1 Å². The van der Waals surface area contributed by atoms with Crippen LogP contribution in [-0.2, 0) is 16.6 Å². The number of thioether (sulfide) groups is 1. The van der Waals surface area contributed by atoms with E-state index in [1.54, 1.807) is 0 Å². The fraction of sp³-hybridized carbons (Fsp3) is 0.385. The molecule has 2 aromatic carbocycles. The predicted molar refractivity (Wildman–Crippen MR) is 128 cm³/mol. The first kappa shape index (κ1) is 22.6. The Labute approximate surface area is 192 Å². The Morgan fingerprint density at radius 1 is 1.06 bits per heavy atom. The van der Waals surface area contributed by atoms with Crippen molar-refractivity contribution in [1.82, 2.24) is 5.16 Å². The third-order valence-corrected chi connectivity index (χ3v) is 7.08. The van der Waals surface area contributed by atoms with Crippen molar-refractivity contribution in [2.75, 3.05) is 0 Å². The summed E-state index contributed by atoms with van der Waals surface area (Å²) in [6.07, 6.45) is 1.89. The third kappa shape index (κ3) is 4.62. The molecule has 0 spiro atoms. The van der Waals surface area contributed by atoms with Crippen molar-refractivity contribution in [3.63, 3.8) is 0 Å². The molecular formula is C26H29NO4S. The van der Waals surface area contributed by atoms with Gasteiger partial charge in [-0.25, -0.2) is 0 Å². The molecule has 32 heavy (non-hydrogen) atoms. The molecule has 1 atom stereocenters. The maximum atomic E-state index is 11.5. The molecule has 1 aromatic heterocycles. The molecule has 0 saturated heterocycles. The Bertz CT molecular complexity index is 1110. The highest BCUT2D eigenvalue weighted by Crippen LogP contribution is 2.48. The van der Waals surface area contributed by atoms with Gasteiger partial charge in [0, 0.05) is 22.3 Å². The Balaban J connectivity index is 1.53. The van der Waals surface area contributed by atoms with Gasteiger partial charge in [-0.2, -0.15) is 0 Å². The van der Waals surface area contributed by atoms with Gasteiger partial charge in [0.2, 0.25) is 0 Å². The number of aryl methyl sites for hydroxylation is 1. The number of carboxylic acids is 1. The number of hydrogen-bond acceptors (Lipinski definition) is 5. The molecule has 0 amide bonds. The molecule has 1 saturated carbocycles. The first-order chi connectivity index (χ1) is 15.1. The van der Waals surface area contributed by atoms with Gasteiger partial charge in [-0.15, -0.1) is 11.8 Å². The molecule has 6 heteroatoms. The zero-order valence-corrected chi connectivity index (χ0v) is 19.7. The van der Waals surface area contributed by atoms with E-state index in [1.807, 2.05) is 55.5 Å². The summed E-state index contributed by atoms with van der Waals surface area (Å²) in [4.78, 5) is 11.5. The quantitative estimate of drug-likeness (QED) is 0.440. The lowest BCUT2D eigenvalue weighted by atomic mass is 9.93. The SMILES string of the molecule is Cc1noc(-c2ccc(-c3ccc(C4(C(=O)O)CC4)cc3)cc2)c1CC(O)SC(C)(C)C. The van der Waals surface area contributed by atoms with Crippen molar-refractivity contribution in [3.8, 4) is 22.5 Å². The van der Waals surface area contributed by atoms with Gasteiger partial charge >= 0.3 is 5.97 Å². The van der Waals surface area contributed by atoms with Gasteiger partial charge in [-0.05, 0) is 36.5 Å². The summed E-state index contributed by atoms with van der Waals surface area (Å²) >= 11 is 1.53. The average molecular weight is 452 g/mol. The van der Waals surface area contributed by atoms with Crippen molar-refractivity contribution < 1.29 is 19.5 Å². The van der Waals surface area contributed by atoms with Crippen LogP contribution in [0, 0.1) is 6.92 Å². The standard InChI is InChI=1S/C26H29NO4S/c1-16-21(15-22(28)32-25(2,3)4)23(31-27-16)19-7-5-17(6-8-19)18-9-11-20(12-10-18)26(13-14-26)24(29)30/h5-12,22,28H,13-15H2,1-4H3,(H,29,30). The number of nitrogens with zero attached hydrogens (tertiary/aromatic N) is 1. The minimum Gasteiger partial charge on any atom is -0.481 e. The molecule has 1 heterocycles. The van der Waals surface area contributed by atoms with Gasteiger partial charge in [0.15, 0.2) is 5.76 Å². The summed E-state index contributed by atoms with van der Waals surface area (Å²) < 4.78 is 5.58. The van der Waals surface area contributed by atoms with E-state index in [4.69, 9.17) is 4.52 Å². The third-order valence-electron chi connectivity index (χ3n) is 5.93. The van der Waals surface area contributed by atoms with Crippen molar-refractivity contribution in [2.24, 2.45) is 0 Å². The second-order valence-electron chi connectivity index (χ2n) is 9.51. The summed E-state index contributed by atoms with van der Waals surface area (Å²) in [5, 5.41) is 24.1. The van der Waals surface area contributed by atoms with Crippen LogP contribution in [0.5, 0.6) is 0 Å². The molecule has 1 fully saturated rings. The fourth-order valence-electron chi connectivity index (χ4n) is 4.03. The number of carbonyl (C=O) groups is 1. The molecular weight excluding hydrogens is 422 g/mol. The van der Waals surface area contributed by atoms with Crippen molar-refractivity contribution in [3.05, 3.63) is 65.4 Å². The van der Waals surface area contributed by atoms with Crippen LogP contribution in [0.1, 0.15) is 50.4 Å². The normalized spacial score (nSPS) is 16.0. The zero-order chi connectivity index (χ0) is 23.1. The first-order valence-electron chi connectivity index (χ1n) is 10.8. The topological polar surface area (TPSA) is 83.6 Å². The molecule has 4 rings (SSSR count). The van der Waals surface area contributed by atoms with Crippen molar-refractivity contribution >= 4 is 17.7 Å². The molecule has 1 unspecified atom stereocenters. The molecule has 3 aromatic rings. The summed E-state index contributed by atoms with van der Waals surface area (Å²) in [6.45, 7) is 8.15. The number of benzene rings is 2. The highest BCUT2D eigenvalue weighted by atomic mass is 32.2. The summed E-state index contributed by atoms with van der Waals surface area (Å²) in [5.74, 6) is -0.0473. The van der Waals surface area contributed by atoms with Crippen LogP contribution in [0.4, 0.5) is 0 Å². The molecule has 168 valence electrons. The maximum absolute atomic E-state index is 11.5. The lowest BCUT2D eigenvalue weighted by Gasteiger charge is -2.21. The van der Waals surface area contributed by atoms with Gasteiger partial charge in [-0.3, -0.25) is 4.79 Å². The predicted octanol–water partition coefficient (Wildman–Crippen LogP) is 5.83. The summed E-state index contributed by atoms with van der Waals surface area (Å²) in [6, 6.07) is 15.9. The molecule has 1 aliphatic rings. The Hall–Kier alpha value is -2.57. The van der Waals surface area contributed by atoms with Crippen LogP contribution in [0.25, 0.3) is 22.5 Å². The van der Waals surface area contributed by atoms with Crippen LogP contribution in [0.15, 0.2) is 53.1 Å². The van der Waals surface area contributed by atoms with Crippen LogP contribution >= 0.6 is 11.8 Å². The van der Waals surface area contributed by atoms with Gasteiger partial charge in [0.25, 0.3) is 0 Å². The largest absolute Gasteiger partial charge is 0.481 e. The second kappa shape index (κ2) is 8.41. The highest BCUT2D eigenvalue weighted by Gasteiger charge is 2.51. The van der Waals surface area contributed by atoms with E-state index >= 15 is 0 Å². The fourth-order valence-corrected chi connectivity index (χ4v) is 5.09. The number of aliphatic hydroxyl groups excluding tert-OH is 1. The number of aliphatic carboxylic acids is 1. The van der Waals surface area contributed by atoms with E-state index in [0.29, 0.717) is 25.0 Å². The maximum Gasteiger partial charge on any atom is 0.314 e. The van der Waals surface area contributed by atoms with Gasteiger partial charge in [-0.1, -0.05) is 74.5 Å². The van der Waals surface area contributed by atoms with E-state index in [9.17, 15) is 15.0 Å². The summed E-state index contributed by atoms with van der Waals surface area (Å²) in [5.41, 5.74) is 4.36. The van der Waals surface area contributed by atoms with Crippen LogP contribution in [-0.4, -0.2) is 31.5 Å². The molecule has 0 radical (unpaired) electrons. The van der Waals surface area contributed by atoms with E-state index in [0.717, 1.165) is 33.5 Å². The smallest absolute Gasteiger partial charge is 0.314 e. The Kier molecular flexibility index (Phi) is 5.94. The lowest BCUT2D eigenvalue weighted by Crippen LogP contribution is -2.19. The molecule has 0 bridgehead atoms. The Morgan fingerprint density at radius 2 is 1.59 bits per heavy atom. The molecule has 2 N–H and O–H groups in total. The Morgan fingerprint density at radius 3 is 2.09 bits per heavy atom. The van der Waals surface area contributed by atoms with E-state index in [1.165, 1.54) is 11.8 Å². The number of carboxylic acid groups (broad SMARTS) is 1. The average Bonchev–Trinajstić information content (AvgIpc) is 3.47. The molecule has 0 aliphatic heterocycles. The van der Waals surface area contributed by atoms with Crippen LogP contribution in [0.3, 0.4) is 0 Å². The number of aromatic nitrogens is 1. The van der Waals surface area contributed by atoms with Crippen molar-refractivity contribution in [2.45, 2.75) is 62.6 Å². The second-order valence-corrected chi connectivity index (χ2v) is 11.5. The minimum absolute atomic E-state index is 0.0362. The van der Waals surface area contributed by atoms with E-state index in [2.05, 4.69) is 25.9 Å². The van der Waals surface area contributed by atoms with Crippen molar-refractivity contribution in [1.29, 1.82) is 0 Å². The zero-order valence-electron chi connectivity index (χ0n) is 18.9. The monoisotopic (exact) mass is 451 g/mol. The lowest BCUT2D eigenvalue weighted by molar-refractivity contribution is -0.140. The number of rotatable bonds is 7. The minimum atomic E-state index is -0.737. The molecule has 5 nitrogen and oxygen atoms in total. The highest BCUT2D eigenvalue weighted by molar-refractivity contribution is 8.01. The van der Waals surface area contributed by atoms with E-state index < -0.39 is 16.8 Å². The molecule has 1 aliphatic carbocycles. The van der Waals surface area contributed by atoms with Gasteiger partial charge in [0.1, 0.15) is 5.44 Å². The van der Waals surface area contributed by atoms with E-state index in [-0.39, 0.29) is 4.75 Å². The number of hydrogen-bond donors (Lipinski definition) is 2. The van der Waals surface area contributed by atoms with Gasteiger partial charge < -0.3 is 14.7 Å². The van der Waals surface area contributed by atoms with Crippen LogP contribution in [0.2, 0.25) is 0 Å². The number of aliphatic hydroxyl groups is 1. The van der Waals surface area contributed by atoms with Crippen LogP contribution < -0.4 is 0 Å². The first-order valence-corrected chi connectivity index (χ1v) is 11.7. The summed E-state index contributed by atoms with van der Waals surface area (Å²) in [7, 11) is 0.